The Kier molecular flexibility index (Phi) is 4.65. The van der Waals surface area contributed by atoms with Crippen LogP contribution in [0.2, 0.25) is 5.02 Å². The van der Waals surface area contributed by atoms with E-state index in [0.29, 0.717) is 12.0 Å². The first-order chi connectivity index (χ1) is 12.0. The number of halogens is 1. The van der Waals surface area contributed by atoms with E-state index < -0.39 is 0 Å². The minimum Gasteiger partial charge on any atom is -0.340 e. The van der Waals surface area contributed by atoms with Gasteiger partial charge < -0.3 is 9.88 Å². The summed E-state index contributed by atoms with van der Waals surface area (Å²) < 4.78 is 2.28. The summed E-state index contributed by atoms with van der Waals surface area (Å²) in [5.74, 6) is 0.710. The van der Waals surface area contributed by atoms with E-state index in [2.05, 4.69) is 54.9 Å². The van der Waals surface area contributed by atoms with Crippen LogP contribution in [0.25, 0.3) is 11.6 Å². The number of nitrogens with one attached hydrogen (secondary N) is 1. The summed E-state index contributed by atoms with van der Waals surface area (Å²) in [6.45, 7) is 8.71. The van der Waals surface area contributed by atoms with Crippen molar-refractivity contribution in [2.75, 3.05) is 6.54 Å². The predicted octanol–water partition coefficient (Wildman–Crippen LogP) is 5.85. The van der Waals surface area contributed by atoms with Gasteiger partial charge in [0.25, 0.3) is 0 Å². The van der Waals surface area contributed by atoms with Crippen molar-refractivity contribution in [3.05, 3.63) is 56.0 Å². The molecular formula is C21H25ClN2S. The van der Waals surface area contributed by atoms with E-state index in [9.17, 15) is 0 Å². The topological polar surface area (TPSA) is 17.0 Å². The van der Waals surface area contributed by atoms with Gasteiger partial charge in [0.15, 0.2) is 0 Å². The lowest BCUT2D eigenvalue weighted by molar-refractivity contribution is 0.421. The van der Waals surface area contributed by atoms with Crippen molar-refractivity contribution < 1.29 is 0 Å². The predicted molar refractivity (Wildman–Crippen MR) is 109 cm³/mol. The van der Waals surface area contributed by atoms with Gasteiger partial charge in [0.1, 0.15) is 0 Å². The number of aryl methyl sites for hydroxylation is 1. The molecule has 0 amide bonds. The van der Waals surface area contributed by atoms with E-state index in [-0.39, 0.29) is 0 Å². The Morgan fingerprint density at radius 3 is 2.96 bits per heavy atom. The van der Waals surface area contributed by atoms with Gasteiger partial charge in [-0.25, -0.2) is 0 Å². The number of hydrogen-bond donors (Lipinski definition) is 1. The highest BCUT2D eigenvalue weighted by atomic mass is 35.5. The van der Waals surface area contributed by atoms with Crippen LogP contribution in [-0.4, -0.2) is 11.1 Å². The van der Waals surface area contributed by atoms with Gasteiger partial charge in [0.2, 0.25) is 0 Å². The molecular weight excluding hydrogens is 348 g/mol. The number of nitrogens with zero attached hydrogens (tertiary/aromatic N) is 1. The Bertz CT molecular complexity index is 854. The summed E-state index contributed by atoms with van der Waals surface area (Å²) in [6.07, 6.45) is 9.08. The quantitative estimate of drug-likeness (QED) is 0.714. The number of rotatable bonds is 3. The Labute approximate surface area is 159 Å². The van der Waals surface area contributed by atoms with Crippen molar-refractivity contribution in [2.24, 2.45) is 5.92 Å². The van der Waals surface area contributed by atoms with Gasteiger partial charge in [-0.2, -0.15) is 0 Å². The average Bonchev–Trinajstić information content (AvgIpc) is 3.00. The summed E-state index contributed by atoms with van der Waals surface area (Å²) in [5.41, 5.74) is 5.19. The van der Waals surface area contributed by atoms with Crippen LogP contribution < -0.4 is 5.32 Å². The van der Waals surface area contributed by atoms with Gasteiger partial charge >= 0.3 is 0 Å². The van der Waals surface area contributed by atoms with Crippen molar-refractivity contribution in [3.63, 3.8) is 0 Å². The van der Waals surface area contributed by atoms with Crippen LogP contribution >= 0.6 is 22.9 Å². The Hall–Kier alpha value is -1.29. The zero-order valence-corrected chi connectivity index (χ0v) is 16.7. The molecule has 0 bridgehead atoms. The third-order valence-electron chi connectivity index (χ3n) is 5.15. The molecule has 25 heavy (non-hydrogen) atoms. The first-order valence-electron chi connectivity index (χ1n) is 9.13. The molecule has 0 spiro atoms. The van der Waals surface area contributed by atoms with Gasteiger partial charge in [-0.15, -0.1) is 11.3 Å². The molecule has 1 atom stereocenters. The normalized spacial score (nSPS) is 19.6. The van der Waals surface area contributed by atoms with Crippen molar-refractivity contribution in [1.29, 1.82) is 0 Å². The third kappa shape index (κ3) is 3.25. The molecule has 132 valence electrons. The number of fused-ring (bicyclic) bond motifs is 2. The molecule has 4 rings (SSSR count). The number of allylic oxidation sites excluding steroid dienone is 3. The van der Waals surface area contributed by atoms with E-state index in [1.54, 1.807) is 4.88 Å². The highest BCUT2D eigenvalue weighted by Gasteiger charge is 2.24. The number of thiophene rings is 1. The van der Waals surface area contributed by atoms with E-state index in [1.165, 1.54) is 28.1 Å². The number of hydrogen-bond acceptors (Lipinski definition) is 2. The van der Waals surface area contributed by atoms with Crippen LogP contribution in [-0.2, 0) is 13.0 Å². The van der Waals surface area contributed by atoms with E-state index in [0.717, 1.165) is 30.2 Å². The van der Waals surface area contributed by atoms with E-state index in [4.69, 9.17) is 11.6 Å². The molecule has 2 aliphatic heterocycles. The minimum absolute atomic E-state index is 0.517. The molecule has 0 fully saturated rings. The van der Waals surface area contributed by atoms with Crippen LogP contribution in [0, 0.1) is 12.8 Å². The van der Waals surface area contributed by atoms with E-state index >= 15 is 0 Å². The summed E-state index contributed by atoms with van der Waals surface area (Å²) in [5, 5.41) is 4.55. The lowest BCUT2D eigenvalue weighted by Crippen LogP contribution is -2.29. The molecule has 1 N–H and O–H groups in total. The fourth-order valence-corrected chi connectivity index (χ4v) is 5.53. The van der Waals surface area contributed by atoms with Crippen molar-refractivity contribution in [1.82, 2.24) is 9.88 Å². The minimum atomic E-state index is 0.517. The first-order valence-corrected chi connectivity index (χ1v) is 10.3. The largest absolute Gasteiger partial charge is 0.340 e. The zero-order chi connectivity index (χ0) is 17.6. The molecule has 2 aliphatic rings. The summed E-state index contributed by atoms with van der Waals surface area (Å²) in [4.78, 5) is 2.93. The molecule has 4 heteroatoms. The molecule has 4 heterocycles. The molecule has 1 unspecified atom stereocenters. The second kappa shape index (κ2) is 6.79. The van der Waals surface area contributed by atoms with Gasteiger partial charge in [-0.1, -0.05) is 37.6 Å². The van der Waals surface area contributed by atoms with Crippen LogP contribution in [0.1, 0.15) is 53.0 Å². The fourth-order valence-electron chi connectivity index (χ4n) is 3.89. The van der Waals surface area contributed by atoms with Gasteiger partial charge in [-0.3, -0.25) is 0 Å². The summed E-state index contributed by atoms with van der Waals surface area (Å²) in [6, 6.07) is 4.98. The Balaban J connectivity index is 1.65. The van der Waals surface area contributed by atoms with Crippen LogP contribution in [0.15, 0.2) is 24.3 Å². The lowest BCUT2D eigenvalue weighted by atomic mass is 9.96. The standard InChI is InChI=1S/C21H25ClN2S/c1-13(2)10-18-21-16(6-8-23-18)12-20(25-21)15-4-5-19-17(22)11-14(3)24(19)9-7-15/h4-5,7,11-13,18,23H,6,8-10H2,1-3H3. The molecule has 2 aromatic rings. The van der Waals surface area contributed by atoms with E-state index in [1.807, 2.05) is 17.4 Å². The highest BCUT2D eigenvalue weighted by molar-refractivity contribution is 7.13. The fraction of sp³-hybridized carbons (Fsp3) is 0.429. The number of aromatic nitrogens is 1. The van der Waals surface area contributed by atoms with Crippen molar-refractivity contribution in [2.45, 2.75) is 46.2 Å². The highest BCUT2D eigenvalue weighted by Crippen LogP contribution is 2.38. The van der Waals surface area contributed by atoms with Gasteiger partial charge in [0, 0.05) is 28.0 Å². The molecule has 2 aromatic heterocycles. The van der Waals surface area contributed by atoms with Gasteiger partial charge in [-0.05, 0) is 61.6 Å². The molecule has 0 aromatic carbocycles. The maximum Gasteiger partial charge on any atom is 0.0660 e. The molecule has 0 saturated carbocycles. The van der Waals surface area contributed by atoms with Crippen molar-refractivity contribution in [3.8, 4) is 0 Å². The summed E-state index contributed by atoms with van der Waals surface area (Å²) in [7, 11) is 0. The molecule has 0 aliphatic carbocycles. The third-order valence-corrected chi connectivity index (χ3v) is 6.79. The molecule has 0 radical (unpaired) electrons. The smallest absolute Gasteiger partial charge is 0.0660 e. The Morgan fingerprint density at radius 2 is 2.16 bits per heavy atom. The first kappa shape index (κ1) is 17.1. The maximum absolute atomic E-state index is 6.38. The maximum atomic E-state index is 6.38. The Morgan fingerprint density at radius 1 is 1.32 bits per heavy atom. The second-order valence-corrected chi connectivity index (χ2v) is 9.00. The van der Waals surface area contributed by atoms with Crippen LogP contribution in [0.4, 0.5) is 0 Å². The van der Waals surface area contributed by atoms with Crippen molar-refractivity contribution >= 4 is 34.6 Å². The zero-order valence-electron chi connectivity index (χ0n) is 15.1. The average molecular weight is 373 g/mol. The SMILES string of the molecule is Cc1cc(Cl)c2n1CC=C(c1cc3c(s1)C(CC(C)C)NCC3)C=C2. The molecule has 2 nitrogen and oxygen atoms in total. The molecule has 0 saturated heterocycles. The van der Waals surface area contributed by atoms with Gasteiger partial charge in [0.05, 0.1) is 10.7 Å². The second-order valence-electron chi connectivity index (χ2n) is 7.51. The monoisotopic (exact) mass is 372 g/mol. The van der Waals surface area contributed by atoms with Crippen LogP contribution in [0.3, 0.4) is 0 Å². The summed E-state index contributed by atoms with van der Waals surface area (Å²) >= 11 is 8.35. The van der Waals surface area contributed by atoms with Crippen LogP contribution in [0.5, 0.6) is 0 Å². The lowest BCUT2D eigenvalue weighted by Gasteiger charge is -2.25.